The number of hydrogen-bond donors (Lipinski definition) is 1. The molecule has 0 aliphatic carbocycles. The minimum atomic E-state index is 0.0600. The van der Waals surface area contributed by atoms with Crippen molar-refractivity contribution in [1.29, 1.82) is 0 Å². The Morgan fingerprint density at radius 2 is 2.00 bits per heavy atom. The molecule has 130 valence electrons. The number of hydrogen-bond acceptors (Lipinski definition) is 4. The minimum absolute atomic E-state index is 0.0600. The Morgan fingerprint density at radius 1 is 1.21 bits per heavy atom. The molecular formula is C18H26N4O2. The van der Waals surface area contributed by atoms with E-state index in [4.69, 9.17) is 0 Å². The molecule has 2 aliphatic heterocycles. The van der Waals surface area contributed by atoms with Crippen LogP contribution in [0.5, 0.6) is 0 Å². The van der Waals surface area contributed by atoms with Crippen LogP contribution in [0.1, 0.15) is 49.4 Å². The zero-order valence-corrected chi connectivity index (χ0v) is 14.3. The summed E-state index contributed by atoms with van der Waals surface area (Å²) in [6.07, 6.45) is 6.48. The van der Waals surface area contributed by atoms with E-state index in [2.05, 4.69) is 10.3 Å². The van der Waals surface area contributed by atoms with Crippen molar-refractivity contribution in [3.8, 4) is 0 Å². The van der Waals surface area contributed by atoms with E-state index in [1.54, 1.807) is 6.20 Å². The molecule has 0 saturated carbocycles. The van der Waals surface area contributed by atoms with Gasteiger partial charge in [0.25, 0.3) is 5.91 Å². The van der Waals surface area contributed by atoms with Crippen molar-refractivity contribution in [3.05, 3.63) is 23.9 Å². The Kier molecular flexibility index (Phi) is 5.33. The molecular weight excluding hydrogens is 304 g/mol. The molecule has 3 heterocycles. The van der Waals surface area contributed by atoms with E-state index >= 15 is 0 Å². The monoisotopic (exact) mass is 330 g/mol. The molecule has 1 N–H and O–H groups in total. The molecule has 1 atom stereocenters. The van der Waals surface area contributed by atoms with E-state index < -0.39 is 0 Å². The molecule has 0 aromatic carbocycles. The summed E-state index contributed by atoms with van der Waals surface area (Å²) in [6, 6.07) is 3.81. The molecule has 3 rings (SSSR count). The lowest BCUT2D eigenvalue weighted by atomic mass is 10.1. The molecule has 1 aromatic rings. The van der Waals surface area contributed by atoms with Crippen molar-refractivity contribution in [1.82, 2.24) is 14.8 Å². The Labute approximate surface area is 143 Å². The van der Waals surface area contributed by atoms with Crippen molar-refractivity contribution in [2.24, 2.45) is 0 Å². The fourth-order valence-corrected chi connectivity index (χ4v) is 3.48. The maximum atomic E-state index is 12.8. The highest BCUT2D eigenvalue weighted by Gasteiger charge is 2.27. The van der Waals surface area contributed by atoms with Crippen LogP contribution in [0, 0.1) is 0 Å². The minimum Gasteiger partial charge on any atom is -0.365 e. The van der Waals surface area contributed by atoms with Gasteiger partial charge in [-0.25, -0.2) is 4.98 Å². The highest BCUT2D eigenvalue weighted by atomic mass is 16.2. The number of carbonyl (C=O) groups excluding carboxylic acids is 2. The predicted molar refractivity (Wildman–Crippen MR) is 92.9 cm³/mol. The second-order valence-corrected chi connectivity index (χ2v) is 6.58. The number of amides is 2. The molecule has 2 aliphatic rings. The van der Waals surface area contributed by atoms with Crippen LogP contribution in [-0.4, -0.2) is 58.8 Å². The van der Waals surface area contributed by atoms with Crippen molar-refractivity contribution >= 4 is 17.6 Å². The Balaban J connectivity index is 1.68. The summed E-state index contributed by atoms with van der Waals surface area (Å²) in [5.41, 5.74) is 0.639. The molecule has 0 spiro atoms. The quantitative estimate of drug-likeness (QED) is 0.918. The van der Waals surface area contributed by atoms with Crippen molar-refractivity contribution in [2.75, 3.05) is 31.5 Å². The Bertz CT molecular complexity index is 598. The van der Waals surface area contributed by atoms with E-state index in [0.717, 1.165) is 38.9 Å². The van der Waals surface area contributed by atoms with Crippen LogP contribution in [0.4, 0.5) is 5.82 Å². The first-order chi connectivity index (χ1) is 11.7. The summed E-state index contributed by atoms with van der Waals surface area (Å²) >= 11 is 0. The highest BCUT2D eigenvalue weighted by Crippen LogP contribution is 2.21. The number of carbonyl (C=O) groups is 2. The fourth-order valence-electron chi connectivity index (χ4n) is 3.48. The van der Waals surface area contributed by atoms with Crippen LogP contribution in [0.2, 0.25) is 0 Å². The zero-order chi connectivity index (χ0) is 16.9. The van der Waals surface area contributed by atoms with Crippen molar-refractivity contribution < 1.29 is 9.59 Å². The average Bonchev–Trinajstić information content (AvgIpc) is 3.10. The molecule has 1 unspecified atom stereocenters. The standard InChI is InChI=1S/C18H26N4O2/c1-2-16(23)22-12-8-14(13-22)20-17-15(7-6-9-19-17)18(24)21-10-4-3-5-11-21/h6-7,9,14H,2-5,8,10-13H2,1H3,(H,19,20). The van der Waals surface area contributed by atoms with Gasteiger partial charge >= 0.3 is 0 Å². The van der Waals surface area contributed by atoms with Crippen LogP contribution in [0.3, 0.4) is 0 Å². The lowest BCUT2D eigenvalue weighted by Crippen LogP contribution is -2.36. The maximum Gasteiger partial charge on any atom is 0.257 e. The van der Waals surface area contributed by atoms with Gasteiger partial charge in [0.15, 0.2) is 0 Å². The number of piperidine rings is 1. The van der Waals surface area contributed by atoms with Crippen LogP contribution < -0.4 is 5.32 Å². The highest BCUT2D eigenvalue weighted by molar-refractivity contribution is 5.98. The molecule has 2 amide bonds. The first-order valence-electron chi connectivity index (χ1n) is 8.97. The van der Waals surface area contributed by atoms with Gasteiger partial charge in [0.2, 0.25) is 5.91 Å². The number of nitrogens with one attached hydrogen (secondary N) is 1. The van der Waals surface area contributed by atoms with Gasteiger partial charge in [0, 0.05) is 44.8 Å². The van der Waals surface area contributed by atoms with E-state index in [1.165, 1.54) is 6.42 Å². The molecule has 6 heteroatoms. The van der Waals surface area contributed by atoms with E-state index in [9.17, 15) is 9.59 Å². The average molecular weight is 330 g/mol. The van der Waals surface area contributed by atoms with Gasteiger partial charge < -0.3 is 15.1 Å². The Morgan fingerprint density at radius 3 is 2.75 bits per heavy atom. The van der Waals surface area contributed by atoms with Gasteiger partial charge in [-0.1, -0.05) is 6.92 Å². The van der Waals surface area contributed by atoms with Gasteiger partial charge in [0.05, 0.1) is 5.56 Å². The van der Waals surface area contributed by atoms with Gasteiger partial charge in [-0.05, 0) is 37.8 Å². The number of aromatic nitrogens is 1. The number of likely N-dealkylation sites (tertiary alicyclic amines) is 2. The number of anilines is 1. The Hall–Kier alpha value is -2.11. The number of pyridine rings is 1. The molecule has 2 saturated heterocycles. The van der Waals surface area contributed by atoms with Gasteiger partial charge in [-0.15, -0.1) is 0 Å². The third-order valence-electron chi connectivity index (χ3n) is 4.87. The summed E-state index contributed by atoms with van der Waals surface area (Å²) < 4.78 is 0. The topological polar surface area (TPSA) is 65.5 Å². The lowest BCUT2D eigenvalue weighted by molar-refractivity contribution is -0.129. The first-order valence-corrected chi connectivity index (χ1v) is 8.97. The molecule has 2 fully saturated rings. The molecule has 1 aromatic heterocycles. The van der Waals surface area contributed by atoms with E-state index in [0.29, 0.717) is 24.3 Å². The summed E-state index contributed by atoms with van der Waals surface area (Å²) in [6.45, 7) is 5.00. The van der Waals surface area contributed by atoms with E-state index in [-0.39, 0.29) is 17.9 Å². The summed E-state index contributed by atoms with van der Waals surface area (Å²) in [5.74, 6) is 0.888. The maximum absolute atomic E-state index is 12.8. The van der Waals surface area contributed by atoms with Gasteiger partial charge in [0.1, 0.15) is 5.82 Å². The van der Waals surface area contributed by atoms with Crippen LogP contribution in [0.25, 0.3) is 0 Å². The van der Waals surface area contributed by atoms with Crippen LogP contribution >= 0.6 is 0 Å². The molecule has 24 heavy (non-hydrogen) atoms. The van der Waals surface area contributed by atoms with Crippen LogP contribution in [-0.2, 0) is 4.79 Å². The normalized spacial score (nSPS) is 21.0. The van der Waals surface area contributed by atoms with Gasteiger partial charge in [-0.2, -0.15) is 0 Å². The number of nitrogens with zero attached hydrogens (tertiary/aromatic N) is 3. The van der Waals surface area contributed by atoms with E-state index in [1.807, 2.05) is 28.9 Å². The molecule has 0 bridgehead atoms. The second-order valence-electron chi connectivity index (χ2n) is 6.58. The van der Waals surface area contributed by atoms with Crippen molar-refractivity contribution in [3.63, 3.8) is 0 Å². The fraction of sp³-hybridized carbons (Fsp3) is 0.611. The van der Waals surface area contributed by atoms with Crippen LogP contribution in [0.15, 0.2) is 18.3 Å². The van der Waals surface area contributed by atoms with Gasteiger partial charge in [-0.3, -0.25) is 9.59 Å². The predicted octanol–water partition coefficient (Wildman–Crippen LogP) is 2.13. The third kappa shape index (κ3) is 3.68. The second kappa shape index (κ2) is 7.64. The first kappa shape index (κ1) is 16.7. The lowest BCUT2D eigenvalue weighted by Gasteiger charge is -2.27. The molecule has 0 radical (unpaired) electrons. The SMILES string of the molecule is CCC(=O)N1CCC(Nc2ncccc2C(=O)N2CCCCC2)C1. The zero-order valence-electron chi connectivity index (χ0n) is 14.3. The largest absolute Gasteiger partial charge is 0.365 e. The molecule has 6 nitrogen and oxygen atoms in total. The van der Waals surface area contributed by atoms with Crippen molar-refractivity contribution in [2.45, 2.75) is 45.1 Å². The number of rotatable bonds is 4. The summed E-state index contributed by atoms with van der Waals surface area (Å²) in [4.78, 5) is 32.8. The third-order valence-corrected chi connectivity index (χ3v) is 4.87. The summed E-state index contributed by atoms with van der Waals surface area (Å²) in [5, 5.41) is 3.39. The smallest absolute Gasteiger partial charge is 0.257 e. The summed E-state index contributed by atoms with van der Waals surface area (Å²) in [7, 11) is 0.